The van der Waals surface area contributed by atoms with E-state index in [1.54, 1.807) is 30.3 Å². The lowest BCUT2D eigenvalue weighted by Gasteiger charge is -2.45. The van der Waals surface area contributed by atoms with Gasteiger partial charge in [-0.05, 0) is 36.4 Å². The summed E-state index contributed by atoms with van der Waals surface area (Å²) in [6.07, 6.45) is 0. The van der Waals surface area contributed by atoms with E-state index in [0.29, 0.717) is 28.3 Å². The minimum atomic E-state index is -1.60. The van der Waals surface area contributed by atoms with Crippen LogP contribution in [-0.4, -0.2) is 17.7 Å². The first-order chi connectivity index (χ1) is 15.2. The fourth-order valence-corrected chi connectivity index (χ4v) is 4.17. The Hall–Kier alpha value is -3.80. The van der Waals surface area contributed by atoms with Gasteiger partial charge >= 0.3 is 0 Å². The number of ether oxygens (including phenoxy) is 1. The molecule has 2 aliphatic rings. The quantitative estimate of drug-likeness (QED) is 0.490. The predicted molar refractivity (Wildman–Crippen MR) is 120 cm³/mol. The molecule has 1 spiro atoms. The summed E-state index contributed by atoms with van der Waals surface area (Å²) in [5.74, 6) is -1.10. The van der Waals surface area contributed by atoms with Crippen molar-refractivity contribution in [2.75, 3.05) is 4.90 Å². The van der Waals surface area contributed by atoms with E-state index in [-0.39, 0.29) is 5.69 Å². The summed E-state index contributed by atoms with van der Waals surface area (Å²) < 4.78 is 20.1. The molecule has 0 saturated carbocycles. The topological polar surface area (TPSA) is 59.0 Å². The minimum absolute atomic E-state index is 0.274. The number of carbonyl (C=O) groups excluding carboxylic acids is 2. The molecule has 0 saturated heterocycles. The van der Waals surface area contributed by atoms with Gasteiger partial charge in [-0.25, -0.2) is 14.3 Å². The van der Waals surface area contributed by atoms with E-state index < -0.39 is 28.6 Å². The third kappa shape index (κ3) is 2.79. The number of aliphatic imine (C=N–C) groups is 1. The van der Waals surface area contributed by atoms with Crippen molar-refractivity contribution in [3.63, 3.8) is 0 Å². The average molecular weight is 428 g/mol. The Labute approximate surface area is 185 Å². The Kier molecular flexibility index (Phi) is 4.31. The van der Waals surface area contributed by atoms with Crippen LogP contribution >= 0.6 is 0 Å². The standard InChI is InChI=1S/C26H21FN2O3/c1-25(2,3)23-28-21-11-7-6-10-20(21)26(32-23)19-9-5-4-8-18(19)22(30)29(24(26)31)17-14-12-16(27)13-15-17/h4-15H,1-3H3. The molecule has 5 rings (SSSR count). The van der Waals surface area contributed by atoms with Gasteiger partial charge in [0.2, 0.25) is 5.60 Å². The average Bonchev–Trinajstić information content (AvgIpc) is 2.78. The normalized spacial score (nSPS) is 19.9. The minimum Gasteiger partial charge on any atom is -0.454 e. The largest absolute Gasteiger partial charge is 0.454 e. The number of imide groups is 1. The first kappa shape index (κ1) is 20.1. The van der Waals surface area contributed by atoms with Crippen molar-refractivity contribution in [1.82, 2.24) is 0 Å². The van der Waals surface area contributed by atoms with Crippen LogP contribution in [0.3, 0.4) is 0 Å². The molecule has 0 aromatic heterocycles. The summed E-state index contributed by atoms with van der Waals surface area (Å²) in [7, 11) is 0. The van der Waals surface area contributed by atoms with E-state index in [1.165, 1.54) is 24.3 Å². The number of fused-ring (bicyclic) bond motifs is 4. The Balaban J connectivity index is 1.83. The van der Waals surface area contributed by atoms with Gasteiger partial charge in [0.1, 0.15) is 5.82 Å². The molecule has 0 fully saturated rings. The highest BCUT2D eigenvalue weighted by atomic mass is 19.1. The lowest BCUT2D eigenvalue weighted by atomic mass is 9.77. The molecular formula is C26H21FN2O3. The Bertz CT molecular complexity index is 1290. The van der Waals surface area contributed by atoms with E-state index in [0.717, 1.165) is 4.90 Å². The predicted octanol–water partition coefficient (Wildman–Crippen LogP) is 5.36. The second-order valence-electron chi connectivity index (χ2n) is 8.94. The molecule has 3 aromatic rings. The van der Waals surface area contributed by atoms with E-state index in [1.807, 2.05) is 39.0 Å². The fraction of sp³-hybridized carbons (Fsp3) is 0.192. The van der Waals surface area contributed by atoms with E-state index in [2.05, 4.69) is 0 Å². The number of amides is 2. The highest BCUT2D eigenvalue weighted by Gasteiger charge is 2.58. The second kappa shape index (κ2) is 6.85. The molecule has 2 aliphatic heterocycles. The fourth-order valence-electron chi connectivity index (χ4n) is 4.17. The summed E-state index contributed by atoms with van der Waals surface area (Å²) in [5.41, 5.74) is 0.179. The molecule has 6 heteroatoms. The maximum Gasteiger partial charge on any atom is 0.287 e. The second-order valence-corrected chi connectivity index (χ2v) is 8.94. The lowest BCUT2D eigenvalue weighted by Crippen LogP contribution is -2.58. The van der Waals surface area contributed by atoms with Gasteiger partial charge in [-0.1, -0.05) is 57.2 Å². The van der Waals surface area contributed by atoms with Gasteiger partial charge in [-0.15, -0.1) is 0 Å². The van der Waals surface area contributed by atoms with Crippen LogP contribution in [0, 0.1) is 11.2 Å². The number of anilines is 1. The number of halogens is 1. The first-order valence-corrected chi connectivity index (χ1v) is 10.3. The van der Waals surface area contributed by atoms with E-state index in [4.69, 9.17) is 9.73 Å². The van der Waals surface area contributed by atoms with Gasteiger partial charge in [0, 0.05) is 22.1 Å². The number of hydrogen-bond donors (Lipinski definition) is 0. The smallest absolute Gasteiger partial charge is 0.287 e. The van der Waals surface area contributed by atoms with E-state index >= 15 is 0 Å². The van der Waals surface area contributed by atoms with Crippen molar-refractivity contribution >= 4 is 29.1 Å². The molecule has 32 heavy (non-hydrogen) atoms. The van der Waals surface area contributed by atoms with Gasteiger partial charge < -0.3 is 4.74 Å². The number of benzene rings is 3. The van der Waals surface area contributed by atoms with Crippen molar-refractivity contribution in [1.29, 1.82) is 0 Å². The molecule has 0 N–H and O–H groups in total. The summed E-state index contributed by atoms with van der Waals surface area (Å²) >= 11 is 0. The molecule has 1 atom stereocenters. The third-order valence-electron chi connectivity index (χ3n) is 5.73. The highest BCUT2D eigenvalue weighted by molar-refractivity contribution is 6.28. The Morgan fingerprint density at radius 3 is 2.19 bits per heavy atom. The molecule has 5 nitrogen and oxygen atoms in total. The van der Waals surface area contributed by atoms with Crippen LogP contribution in [0.4, 0.5) is 15.8 Å². The number of nitrogens with zero attached hydrogens (tertiary/aromatic N) is 2. The van der Waals surface area contributed by atoms with Crippen LogP contribution in [0.1, 0.15) is 42.3 Å². The number of rotatable bonds is 1. The van der Waals surface area contributed by atoms with Crippen LogP contribution in [0.15, 0.2) is 77.8 Å². The summed E-state index contributed by atoms with van der Waals surface area (Å²) in [6.45, 7) is 5.86. The Morgan fingerprint density at radius 2 is 1.50 bits per heavy atom. The zero-order valence-corrected chi connectivity index (χ0v) is 17.9. The maximum absolute atomic E-state index is 14.2. The van der Waals surface area contributed by atoms with Crippen molar-refractivity contribution < 1.29 is 18.7 Å². The van der Waals surface area contributed by atoms with Gasteiger partial charge in [0.25, 0.3) is 11.8 Å². The zero-order chi connectivity index (χ0) is 22.7. The van der Waals surface area contributed by atoms with Crippen molar-refractivity contribution in [2.45, 2.75) is 26.4 Å². The molecule has 0 aliphatic carbocycles. The summed E-state index contributed by atoms with van der Waals surface area (Å²) in [5, 5.41) is 0. The molecule has 0 radical (unpaired) electrons. The van der Waals surface area contributed by atoms with Crippen LogP contribution < -0.4 is 4.90 Å². The lowest BCUT2D eigenvalue weighted by molar-refractivity contribution is -0.133. The SMILES string of the molecule is CC(C)(C)C1=Nc2ccccc2C2(O1)C(=O)N(c1ccc(F)cc1)C(=O)c1ccccc12. The molecule has 160 valence electrons. The molecule has 2 amide bonds. The van der Waals surface area contributed by atoms with Crippen LogP contribution in [0.25, 0.3) is 0 Å². The molecule has 3 aromatic carbocycles. The zero-order valence-electron chi connectivity index (χ0n) is 17.9. The van der Waals surface area contributed by atoms with Crippen LogP contribution in [0.2, 0.25) is 0 Å². The molecule has 2 heterocycles. The number of para-hydroxylation sites is 1. The molecule has 0 bridgehead atoms. The monoisotopic (exact) mass is 428 g/mol. The number of hydrogen-bond acceptors (Lipinski definition) is 4. The van der Waals surface area contributed by atoms with Crippen LogP contribution in [0.5, 0.6) is 0 Å². The van der Waals surface area contributed by atoms with Gasteiger partial charge in [0.05, 0.1) is 11.4 Å². The van der Waals surface area contributed by atoms with Gasteiger partial charge in [-0.3, -0.25) is 9.59 Å². The van der Waals surface area contributed by atoms with Gasteiger partial charge in [-0.2, -0.15) is 0 Å². The molecule has 1 unspecified atom stereocenters. The van der Waals surface area contributed by atoms with Crippen molar-refractivity contribution in [3.05, 3.63) is 95.3 Å². The maximum atomic E-state index is 14.2. The molecular weight excluding hydrogens is 407 g/mol. The summed E-state index contributed by atoms with van der Waals surface area (Å²) in [6, 6.07) is 19.5. The highest BCUT2D eigenvalue weighted by Crippen LogP contribution is 2.49. The third-order valence-corrected chi connectivity index (χ3v) is 5.73. The summed E-state index contributed by atoms with van der Waals surface area (Å²) in [4.78, 5) is 33.4. The van der Waals surface area contributed by atoms with Crippen molar-refractivity contribution in [2.24, 2.45) is 10.4 Å². The first-order valence-electron chi connectivity index (χ1n) is 10.3. The van der Waals surface area contributed by atoms with Crippen molar-refractivity contribution in [3.8, 4) is 0 Å². The Morgan fingerprint density at radius 1 is 0.875 bits per heavy atom. The van der Waals surface area contributed by atoms with Gasteiger partial charge in [0.15, 0.2) is 5.90 Å². The van der Waals surface area contributed by atoms with Crippen LogP contribution in [-0.2, 0) is 15.1 Å². The van der Waals surface area contributed by atoms with E-state index in [9.17, 15) is 14.0 Å². The number of carbonyl (C=O) groups is 2.